The van der Waals surface area contributed by atoms with Crippen LogP contribution in [0.3, 0.4) is 0 Å². The van der Waals surface area contributed by atoms with Gasteiger partial charge in [0.2, 0.25) is 0 Å². The van der Waals surface area contributed by atoms with Crippen molar-refractivity contribution in [1.29, 1.82) is 0 Å². The van der Waals surface area contributed by atoms with Crippen molar-refractivity contribution in [2.75, 3.05) is 26.3 Å². The van der Waals surface area contributed by atoms with E-state index in [9.17, 15) is 5.11 Å². The highest BCUT2D eigenvalue weighted by molar-refractivity contribution is 4.67. The Morgan fingerprint density at radius 3 is 2.78 bits per heavy atom. The molecule has 1 aliphatic rings. The van der Waals surface area contributed by atoms with E-state index in [1.165, 1.54) is 19.3 Å². The van der Waals surface area contributed by atoms with Gasteiger partial charge in [0.1, 0.15) is 0 Å². The summed E-state index contributed by atoms with van der Waals surface area (Å²) in [6, 6.07) is 0. The molecule has 18 heavy (non-hydrogen) atoms. The largest absolute Gasteiger partial charge is 0.389 e. The van der Waals surface area contributed by atoms with E-state index < -0.39 is 6.10 Å². The summed E-state index contributed by atoms with van der Waals surface area (Å²) >= 11 is 0. The van der Waals surface area contributed by atoms with E-state index in [2.05, 4.69) is 5.32 Å². The van der Waals surface area contributed by atoms with Crippen molar-refractivity contribution in [3.05, 3.63) is 0 Å². The van der Waals surface area contributed by atoms with Gasteiger partial charge in [-0.05, 0) is 53.0 Å². The molecule has 4 nitrogen and oxygen atoms in total. The lowest BCUT2D eigenvalue weighted by molar-refractivity contribution is -0.0481. The third kappa shape index (κ3) is 8.03. The van der Waals surface area contributed by atoms with Crippen LogP contribution in [-0.2, 0) is 9.47 Å². The molecule has 1 rings (SSSR count). The number of ether oxygens (including phenoxy) is 2. The van der Waals surface area contributed by atoms with Gasteiger partial charge in [0.15, 0.2) is 0 Å². The molecular weight excluding hydrogens is 230 g/mol. The average molecular weight is 259 g/mol. The van der Waals surface area contributed by atoms with Gasteiger partial charge in [-0.3, -0.25) is 0 Å². The number of aliphatic hydroxyl groups is 1. The molecule has 1 fully saturated rings. The molecule has 4 heteroatoms. The van der Waals surface area contributed by atoms with Crippen LogP contribution in [0, 0.1) is 0 Å². The molecule has 2 atom stereocenters. The summed E-state index contributed by atoms with van der Waals surface area (Å²) in [6.07, 6.45) is 4.68. The van der Waals surface area contributed by atoms with Gasteiger partial charge in [-0.25, -0.2) is 0 Å². The first-order valence-electron chi connectivity index (χ1n) is 7.12. The molecule has 0 spiro atoms. The van der Waals surface area contributed by atoms with E-state index in [-0.39, 0.29) is 5.60 Å². The molecule has 2 unspecified atom stereocenters. The Labute approximate surface area is 111 Å². The fourth-order valence-electron chi connectivity index (χ4n) is 1.97. The van der Waals surface area contributed by atoms with Crippen molar-refractivity contribution in [3.63, 3.8) is 0 Å². The first-order valence-corrected chi connectivity index (χ1v) is 7.12. The summed E-state index contributed by atoms with van der Waals surface area (Å²) in [7, 11) is 0. The zero-order valence-electron chi connectivity index (χ0n) is 12.1. The summed E-state index contributed by atoms with van der Waals surface area (Å²) in [6.45, 7) is 8.76. The minimum absolute atomic E-state index is 0.184. The van der Waals surface area contributed by atoms with E-state index >= 15 is 0 Å². The van der Waals surface area contributed by atoms with Crippen LogP contribution in [0.1, 0.15) is 46.5 Å². The van der Waals surface area contributed by atoms with Gasteiger partial charge in [-0.15, -0.1) is 0 Å². The third-order valence-corrected chi connectivity index (χ3v) is 3.01. The van der Waals surface area contributed by atoms with Crippen molar-refractivity contribution >= 4 is 0 Å². The molecule has 0 saturated carbocycles. The molecule has 1 saturated heterocycles. The maximum absolute atomic E-state index is 9.73. The SMILES string of the molecule is CC(C)(C)OCC(O)CNCCC1CCCCO1. The molecule has 1 aliphatic heterocycles. The number of nitrogens with one attached hydrogen (secondary N) is 1. The molecule has 0 amide bonds. The zero-order valence-corrected chi connectivity index (χ0v) is 12.1. The van der Waals surface area contributed by atoms with Crippen LogP contribution in [0.4, 0.5) is 0 Å². The Bertz CT molecular complexity index is 210. The van der Waals surface area contributed by atoms with E-state index in [0.717, 1.165) is 19.6 Å². The van der Waals surface area contributed by atoms with Gasteiger partial charge in [-0.2, -0.15) is 0 Å². The van der Waals surface area contributed by atoms with Crippen LogP contribution in [-0.4, -0.2) is 49.2 Å². The lowest BCUT2D eigenvalue weighted by Gasteiger charge is -2.24. The summed E-state index contributed by atoms with van der Waals surface area (Å²) in [5.41, 5.74) is -0.184. The monoisotopic (exact) mass is 259 g/mol. The Morgan fingerprint density at radius 2 is 2.17 bits per heavy atom. The molecule has 0 aromatic carbocycles. The van der Waals surface area contributed by atoms with Crippen molar-refractivity contribution in [2.45, 2.75) is 64.3 Å². The maximum Gasteiger partial charge on any atom is 0.0897 e. The van der Waals surface area contributed by atoms with E-state index in [4.69, 9.17) is 9.47 Å². The van der Waals surface area contributed by atoms with Gasteiger partial charge in [0.25, 0.3) is 0 Å². The molecule has 0 bridgehead atoms. The number of rotatable bonds is 7. The van der Waals surface area contributed by atoms with Crippen LogP contribution in [0.5, 0.6) is 0 Å². The Hall–Kier alpha value is -0.160. The van der Waals surface area contributed by atoms with Gasteiger partial charge in [0.05, 0.1) is 24.4 Å². The van der Waals surface area contributed by atoms with Gasteiger partial charge in [-0.1, -0.05) is 0 Å². The maximum atomic E-state index is 9.73. The first kappa shape index (κ1) is 15.9. The third-order valence-electron chi connectivity index (χ3n) is 3.01. The molecule has 1 heterocycles. The fourth-order valence-corrected chi connectivity index (χ4v) is 1.97. The smallest absolute Gasteiger partial charge is 0.0897 e. The number of hydrogen-bond donors (Lipinski definition) is 2. The quantitative estimate of drug-likeness (QED) is 0.683. The van der Waals surface area contributed by atoms with Crippen LogP contribution < -0.4 is 5.32 Å². The van der Waals surface area contributed by atoms with Crippen molar-refractivity contribution < 1.29 is 14.6 Å². The van der Waals surface area contributed by atoms with Gasteiger partial charge in [0, 0.05) is 13.2 Å². The van der Waals surface area contributed by atoms with Gasteiger partial charge >= 0.3 is 0 Å². The second kappa shape index (κ2) is 8.10. The fraction of sp³-hybridized carbons (Fsp3) is 1.00. The lowest BCUT2D eigenvalue weighted by atomic mass is 10.1. The van der Waals surface area contributed by atoms with E-state index in [1.807, 2.05) is 20.8 Å². The standard InChI is InChI=1S/C14H29NO3/c1-14(2,3)18-11-12(16)10-15-8-7-13-6-4-5-9-17-13/h12-13,15-16H,4-11H2,1-3H3. The minimum Gasteiger partial charge on any atom is -0.389 e. The average Bonchev–Trinajstić information content (AvgIpc) is 2.33. The Morgan fingerprint density at radius 1 is 1.39 bits per heavy atom. The highest BCUT2D eigenvalue weighted by Gasteiger charge is 2.15. The Balaban J connectivity index is 1.96. The number of hydrogen-bond acceptors (Lipinski definition) is 4. The highest BCUT2D eigenvalue weighted by atomic mass is 16.5. The van der Waals surface area contributed by atoms with E-state index in [1.54, 1.807) is 0 Å². The second-order valence-electron chi connectivity index (χ2n) is 6.06. The van der Waals surface area contributed by atoms with Crippen molar-refractivity contribution in [3.8, 4) is 0 Å². The highest BCUT2D eigenvalue weighted by Crippen LogP contribution is 2.14. The molecule has 0 aromatic rings. The van der Waals surface area contributed by atoms with Crippen molar-refractivity contribution in [1.82, 2.24) is 5.32 Å². The lowest BCUT2D eigenvalue weighted by Crippen LogP contribution is -2.35. The van der Waals surface area contributed by atoms with Crippen LogP contribution in [0.15, 0.2) is 0 Å². The zero-order chi connectivity index (χ0) is 13.4. The van der Waals surface area contributed by atoms with Crippen molar-refractivity contribution in [2.24, 2.45) is 0 Å². The summed E-state index contributed by atoms with van der Waals surface area (Å²) in [5.74, 6) is 0. The van der Waals surface area contributed by atoms with E-state index in [0.29, 0.717) is 19.3 Å². The minimum atomic E-state index is -0.434. The topological polar surface area (TPSA) is 50.7 Å². The molecular formula is C14H29NO3. The summed E-state index contributed by atoms with van der Waals surface area (Å²) < 4.78 is 11.2. The second-order valence-corrected chi connectivity index (χ2v) is 6.06. The summed E-state index contributed by atoms with van der Waals surface area (Å²) in [4.78, 5) is 0. The molecule has 2 N–H and O–H groups in total. The number of aliphatic hydroxyl groups excluding tert-OH is 1. The predicted molar refractivity (Wildman–Crippen MR) is 72.8 cm³/mol. The van der Waals surface area contributed by atoms with Crippen LogP contribution in [0.25, 0.3) is 0 Å². The van der Waals surface area contributed by atoms with Gasteiger partial charge < -0.3 is 19.9 Å². The molecule has 0 radical (unpaired) electrons. The predicted octanol–water partition coefficient (Wildman–Crippen LogP) is 1.71. The molecule has 0 aliphatic carbocycles. The molecule has 108 valence electrons. The van der Waals surface area contributed by atoms with Crippen LogP contribution in [0.2, 0.25) is 0 Å². The molecule has 0 aromatic heterocycles. The Kier molecular flexibility index (Phi) is 7.15. The normalized spacial score (nSPS) is 23.0. The summed E-state index contributed by atoms with van der Waals surface area (Å²) in [5, 5.41) is 13.0. The first-order chi connectivity index (χ1) is 8.47. The van der Waals surface area contributed by atoms with Crippen LogP contribution >= 0.6 is 0 Å².